The van der Waals surface area contributed by atoms with Crippen molar-refractivity contribution in [3.8, 4) is 0 Å². The van der Waals surface area contributed by atoms with Gasteiger partial charge in [0.1, 0.15) is 0 Å². The van der Waals surface area contributed by atoms with E-state index in [4.69, 9.17) is 0 Å². The third-order valence-corrected chi connectivity index (χ3v) is 5.13. The number of piperidine rings is 2. The third-order valence-electron chi connectivity index (χ3n) is 4.25. The van der Waals surface area contributed by atoms with Crippen molar-refractivity contribution < 1.29 is 0 Å². The maximum Gasteiger partial charge on any atom is 0.0104 e. The number of hydrogen-bond donors (Lipinski definition) is 1. The van der Waals surface area contributed by atoms with Gasteiger partial charge in [0.05, 0.1) is 0 Å². The number of nitrogens with one attached hydrogen (secondary N) is 1. The molecule has 0 aromatic rings. The zero-order valence-corrected chi connectivity index (χ0v) is 12.1. The van der Waals surface area contributed by atoms with Crippen LogP contribution in [0.15, 0.2) is 0 Å². The summed E-state index contributed by atoms with van der Waals surface area (Å²) in [6.45, 7) is 6.34. The molecule has 0 amide bonds. The maximum atomic E-state index is 3.80. The van der Waals surface area contributed by atoms with Crippen LogP contribution >= 0.6 is 11.9 Å². The maximum absolute atomic E-state index is 3.80. The van der Waals surface area contributed by atoms with Crippen molar-refractivity contribution >= 4 is 11.9 Å². The van der Waals surface area contributed by atoms with Crippen molar-refractivity contribution in [2.45, 2.75) is 31.7 Å². The highest BCUT2D eigenvalue weighted by Gasteiger charge is 2.21. The first-order valence-corrected chi connectivity index (χ1v) is 8.17. The van der Waals surface area contributed by atoms with E-state index in [-0.39, 0.29) is 0 Å². The van der Waals surface area contributed by atoms with Gasteiger partial charge in [-0.15, -0.1) is 0 Å². The zero-order valence-electron chi connectivity index (χ0n) is 11.3. The van der Waals surface area contributed by atoms with Crippen molar-refractivity contribution in [2.75, 3.05) is 46.0 Å². The summed E-state index contributed by atoms with van der Waals surface area (Å²) in [7, 11) is 2.24. The van der Waals surface area contributed by atoms with Gasteiger partial charge in [-0.05, 0) is 64.5 Å². The molecule has 2 aliphatic heterocycles. The fraction of sp³-hybridized carbons (Fsp3) is 1.00. The molecule has 2 aliphatic rings. The van der Waals surface area contributed by atoms with Gasteiger partial charge in [0, 0.05) is 19.1 Å². The number of nitrogens with zero attached hydrogens (tertiary/aromatic N) is 2. The molecule has 0 unspecified atom stereocenters. The first-order chi connectivity index (χ1) is 8.28. The second kappa shape index (κ2) is 6.98. The van der Waals surface area contributed by atoms with Crippen molar-refractivity contribution in [3.63, 3.8) is 0 Å². The summed E-state index contributed by atoms with van der Waals surface area (Å²) in [5.41, 5.74) is 0. The van der Waals surface area contributed by atoms with Gasteiger partial charge in [-0.1, -0.05) is 11.9 Å². The SMILES string of the molecule is CSN1CCC(NCC2CCN(C)CC2)CC1. The Morgan fingerprint density at radius 2 is 1.71 bits per heavy atom. The number of rotatable bonds is 4. The molecule has 0 aromatic heterocycles. The Bertz CT molecular complexity index is 209. The van der Waals surface area contributed by atoms with E-state index in [0.717, 1.165) is 12.0 Å². The largest absolute Gasteiger partial charge is 0.314 e. The van der Waals surface area contributed by atoms with Crippen molar-refractivity contribution in [2.24, 2.45) is 5.92 Å². The van der Waals surface area contributed by atoms with Crippen LogP contribution < -0.4 is 5.32 Å². The smallest absolute Gasteiger partial charge is 0.0104 e. The van der Waals surface area contributed by atoms with Crippen LogP contribution in [-0.4, -0.2) is 61.3 Å². The molecule has 1 N–H and O–H groups in total. The van der Waals surface area contributed by atoms with Gasteiger partial charge in [-0.2, -0.15) is 0 Å². The quantitative estimate of drug-likeness (QED) is 0.772. The van der Waals surface area contributed by atoms with Gasteiger partial charge in [-0.25, -0.2) is 0 Å². The standard InChI is InChI=1S/C13H27N3S/c1-15-7-3-12(4-8-15)11-14-13-5-9-16(17-2)10-6-13/h12-14H,3-11H2,1-2H3. The average molecular weight is 257 g/mol. The highest BCUT2D eigenvalue weighted by Crippen LogP contribution is 2.18. The summed E-state index contributed by atoms with van der Waals surface area (Å²) < 4.78 is 2.48. The molecule has 2 fully saturated rings. The van der Waals surface area contributed by atoms with E-state index >= 15 is 0 Å². The predicted molar refractivity (Wildman–Crippen MR) is 76.3 cm³/mol. The minimum Gasteiger partial charge on any atom is -0.314 e. The van der Waals surface area contributed by atoms with Gasteiger partial charge in [-0.3, -0.25) is 4.31 Å². The molecular weight excluding hydrogens is 230 g/mol. The van der Waals surface area contributed by atoms with Crippen LogP contribution in [0, 0.1) is 5.92 Å². The first-order valence-electron chi connectivity index (χ1n) is 6.99. The van der Waals surface area contributed by atoms with E-state index in [1.165, 1.54) is 58.4 Å². The third kappa shape index (κ3) is 4.43. The Morgan fingerprint density at radius 3 is 2.29 bits per heavy atom. The molecule has 0 spiro atoms. The second-order valence-electron chi connectivity index (χ2n) is 5.54. The molecule has 3 nitrogen and oxygen atoms in total. The summed E-state index contributed by atoms with van der Waals surface area (Å²) in [5, 5.41) is 3.80. The summed E-state index contributed by atoms with van der Waals surface area (Å²) in [4.78, 5) is 2.45. The van der Waals surface area contributed by atoms with Crippen LogP contribution in [0.1, 0.15) is 25.7 Å². The van der Waals surface area contributed by atoms with E-state index in [9.17, 15) is 0 Å². The van der Waals surface area contributed by atoms with E-state index in [1.54, 1.807) is 0 Å². The monoisotopic (exact) mass is 257 g/mol. The van der Waals surface area contributed by atoms with Crippen LogP contribution in [0.5, 0.6) is 0 Å². The minimum atomic E-state index is 0.776. The van der Waals surface area contributed by atoms with Gasteiger partial charge >= 0.3 is 0 Å². The second-order valence-corrected chi connectivity index (χ2v) is 6.42. The minimum absolute atomic E-state index is 0.776. The topological polar surface area (TPSA) is 18.5 Å². The summed E-state index contributed by atoms with van der Waals surface area (Å²) in [6, 6.07) is 0.776. The zero-order chi connectivity index (χ0) is 12.1. The fourth-order valence-corrected chi connectivity index (χ4v) is 3.42. The van der Waals surface area contributed by atoms with Gasteiger partial charge < -0.3 is 10.2 Å². The van der Waals surface area contributed by atoms with Crippen molar-refractivity contribution in [1.29, 1.82) is 0 Å². The molecule has 0 bridgehead atoms. The summed E-state index contributed by atoms with van der Waals surface area (Å²) >= 11 is 1.89. The first kappa shape index (κ1) is 13.7. The number of hydrogen-bond acceptors (Lipinski definition) is 4. The lowest BCUT2D eigenvalue weighted by Crippen LogP contribution is -2.43. The lowest BCUT2D eigenvalue weighted by atomic mass is 9.96. The van der Waals surface area contributed by atoms with Crippen LogP contribution in [0.2, 0.25) is 0 Å². The van der Waals surface area contributed by atoms with Crippen LogP contribution in [-0.2, 0) is 0 Å². The predicted octanol–water partition coefficient (Wildman–Crippen LogP) is 1.66. The summed E-state index contributed by atoms with van der Waals surface area (Å²) in [5.74, 6) is 0.921. The normalized spacial score (nSPS) is 26.5. The lowest BCUT2D eigenvalue weighted by Gasteiger charge is -2.33. The van der Waals surface area contributed by atoms with Crippen molar-refractivity contribution in [3.05, 3.63) is 0 Å². The van der Waals surface area contributed by atoms with E-state index in [1.807, 2.05) is 11.9 Å². The molecule has 0 aromatic carbocycles. The molecule has 0 radical (unpaired) electrons. The molecular formula is C13H27N3S. The van der Waals surface area contributed by atoms with Gasteiger partial charge in [0.15, 0.2) is 0 Å². The molecule has 2 saturated heterocycles. The van der Waals surface area contributed by atoms with E-state index in [0.29, 0.717) is 0 Å². The Kier molecular flexibility index (Phi) is 5.60. The lowest BCUT2D eigenvalue weighted by molar-refractivity contribution is 0.206. The van der Waals surface area contributed by atoms with E-state index in [2.05, 4.69) is 27.8 Å². The van der Waals surface area contributed by atoms with Crippen LogP contribution in [0.3, 0.4) is 0 Å². The van der Waals surface area contributed by atoms with Gasteiger partial charge in [0.2, 0.25) is 0 Å². The molecule has 2 heterocycles. The number of likely N-dealkylation sites (tertiary alicyclic amines) is 1. The Hall–Kier alpha value is 0.230. The molecule has 100 valence electrons. The molecule has 0 saturated carbocycles. The molecule has 4 heteroatoms. The highest BCUT2D eigenvalue weighted by atomic mass is 32.2. The fourth-order valence-electron chi connectivity index (χ4n) is 2.84. The Morgan fingerprint density at radius 1 is 1.06 bits per heavy atom. The van der Waals surface area contributed by atoms with Gasteiger partial charge in [0.25, 0.3) is 0 Å². The summed E-state index contributed by atoms with van der Waals surface area (Å²) in [6.07, 6.45) is 7.60. The molecule has 0 atom stereocenters. The van der Waals surface area contributed by atoms with Crippen LogP contribution in [0.4, 0.5) is 0 Å². The van der Waals surface area contributed by atoms with Crippen LogP contribution in [0.25, 0.3) is 0 Å². The Labute approximate surface area is 110 Å². The Balaban J connectivity index is 1.59. The average Bonchev–Trinajstić information content (AvgIpc) is 2.39. The highest BCUT2D eigenvalue weighted by molar-refractivity contribution is 7.96. The van der Waals surface area contributed by atoms with Crippen molar-refractivity contribution in [1.82, 2.24) is 14.5 Å². The molecule has 0 aliphatic carbocycles. The molecule has 2 rings (SSSR count). The van der Waals surface area contributed by atoms with E-state index < -0.39 is 0 Å². The molecule has 17 heavy (non-hydrogen) atoms.